The largest absolute Gasteiger partial charge is 0.479 e. The summed E-state index contributed by atoms with van der Waals surface area (Å²) in [5.74, 6) is 1.11. The van der Waals surface area contributed by atoms with Gasteiger partial charge in [-0.3, -0.25) is 4.79 Å². The Morgan fingerprint density at radius 1 is 1.29 bits per heavy atom. The van der Waals surface area contributed by atoms with Crippen LogP contribution in [0.5, 0.6) is 5.75 Å². The summed E-state index contributed by atoms with van der Waals surface area (Å²) >= 11 is 3.54. The number of benzene rings is 1. The third-order valence-corrected chi connectivity index (χ3v) is 5.13. The molecule has 1 saturated carbocycles. The molecule has 1 aromatic carbocycles. The maximum Gasteiger partial charge on any atom is 0.186 e. The van der Waals surface area contributed by atoms with Crippen LogP contribution < -0.4 is 4.74 Å². The van der Waals surface area contributed by atoms with Gasteiger partial charge in [-0.15, -0.1) is 0 Å². The van der Waals surface area contributed by atoms with Crippen molar-refractivity contribution in [3.05, 3.63) is 27.7 Å². The molecule has 2 aliphatic rings. The number of fused-ring (bicyclic) bond motifs is 4. The van der Waals surface area contributed by atoms with Crippen molar-refractivity contribution in [2.75, 3.05) is 0 Å². The Hall–Kier alpha value is -0.830. The van der Waals surface area contributed by atoms with Crippen LogP contribution in [0.2, 0.25) is 0 Å². The normalized spacial score (nSPS) is 34.5. The first-order valence-electron chi connectivity index (χ1n) is 5.91. The second-order valence-corrected chi connectivity index (χ2v) is 6.45. The fourth-order valence-electron chi connectivity index (χ4n) is 3.07. The van der Waals surface area contributed by atoms with Gasteiger partial charge in [0, 0.05) is 10.0 Å². The van der Waals surface area contributed by atoms with E-state index < -0.39 is 5.60 Å². The number of hydrogen-bond acceptors (Lipinski definition) is 2. The van der Waals surface area contributed by atoms with Crippen LogP contribution >= 0.6 is 15.9 Å². The lowest BCUT2D eigenvalue weighted by Gasteiger charge is -2.36. The predicted octanol–water partition coefficient (Wildman–Crippen LogP) is 3.53. The molecule has 2 atom stereocenters. The zero-order chi connectivity index (χ0) is 12.4. The highest BCUT2D eigenvalue weighted by molar-refractivity contribution is 9.10. The minimum atomic E-state index is -0.609. The molecule has 0 amide bonds. The van der Waals surface area contributed by atoms with Crippen molar-refractivity contribution in [2.24, 2.45) is 0 Å². The summed E-state index contributed by atoms with van der Waals surface area (Å²) < 4.78 is 7.00. The summed E-state index contributed by atoms with van der Waals surface area (Å²) in [6, 6.07) is 4.08. The van der Waals surface area contributed by atoms with E-state index in [1.54, 1.807) is 0 Å². The van der Waals surface area contributed by atoms with Crippen molar-refractivity contribution in [3.63, 3.8) is 0 Å². The molecule has 1 aliphatic carbocycles. The summed E-state index contributed by atoms with van der Waals surface area (Å²) in [5.41, 5.74) is 1.21. The molecule has 3 rings (SSSR count). The van der Waals surface area contributed by atoms with E-state index in [9.17, 15) is 4.79 Å². The molecule has 0 N–H and O–H groups in total. The van der Waals surface area contributed by atoms with Crippen molar-refractivity contribution in [1.82, 2.24) is 0 Å². The van der Waals surface area contributed by atoms with Crippen LogP contribution in [0.1, 0.15) is 37.8 Å². The fourth-order valence-corrected chi connectivity index (χ4v) is 3.41. The van der Waals surface area contributed by atoms with E-state index in [1.165, 1.54) is 0 Å². The third kappa shape index (κ3) is 1.29. The first kappa shape index (κ1) is 11.3. The van der Waals surface area contributed by atoms with Gasteiger partial charge in [0.05, 0.1) is 5.41 Å². The summed E-state index contributed by atoms with van der Waals surface area (Å²) in [5, 5.41) is 0. The Morgan fingerprint density at radius 2 is 2.00 bits per heavy atom. The molecular weight excluding hydrogens is 280 g/mol. The van der Waals surface area contributed by atoms with Gasteiger partial charge in [-0.25, -0.2) is 0 Å². The molecule has 0 aromatic heterocycles. The zero-order valence-electron chi connectivity index (χ0n) is 10.3. The molecular formula is C14H15BrO2. The lowest BCUT2D eigenvalue weighted by molar-refractivity contribution is -0.135. The van der Waals surface area contributed by atoms with Gasteiger partial charge in [-0.05, 0) is 51.3 Å². The lowest BCUT2D eigenvalue weighted by atomic mass is 9.76. The summed E-state index contributed by atoms with van der Waals surface area (Å²) in [6.45, 7) is 6.00. The Balaban J connectivity index is 2.28. The predicted molar refractivity (Wildman–Crippen MR) is 69.5 cm³/mol. The van der Waals surface area contributed by atoms with Gasteiger partial charge in [0.15, 0.2) is 11.4 Å². The second-order valence-electron chi connectivity index (χ2n) is 5.59. The Labute approximate surface area is 109 Å². The number of halogens is 1. The van der Waals surface area contributed by atoms with Gasteiger partial charge >= 0.3 is 0 Å². The van der Waals surface area contributed by atoms with Crippen molar-refractivity contribution >= 4 is 21.7 Å². The number of ketones is 1. The van der Waals surface area contributed by atoms with E-state index in [-0.39, 0.29) is 11.2 Å². The van der Waals surface area contributed by atoms with Crippen LogP contribution in [0, 0.1) is 6.92 Å². The van der Waals surface area contributed by atoms with Crippen LogP contribution in [0.15, 0.2) is 16.6 Å². The molecule has 2 nitrogen and oxygen atoms in total. The van der Waals surface area contributed by atoms with E-state index in [1.807, 2.05) is 32.9 Å². The molecule has 1 fully saturated rings. The maximum absolute atomic E-state index is 12.4. The molecule has 0 unspecified atom stereocenters. The van der Waals surface area contributed by atoms with E-state index in [0.717, 1.165) is 34.2 Å². The fraction of sp³-hybridized carbons (Fsp3) is 0.500. The molecule has 1 heterocycles. The number of aryl methyl sites for hydroxylation is 1. The number of carbonyl (C=O) groups excluding carboxylic acids is 1. The van der Waals surface area contributed by atoms with E-state index in [4.69, 9.17) is 4.74 Å². The van der Waals surface area contributed by atoms with Gasteiger partial charge < -0.3 is 4.74 Å². The number of rotatable bonds is 0. The molecule has 1 aromatic rings. The molecule has 90 valence electrons. The van der Waals surface area contributed by atoms with Crippen LogP contribution in [0.25, 0.3) is 0 Å². The van der Waals surface area contributed by atoms with Gasteiger partial charge in [0.25, 0.3) is 0 Å². The molecule has 0 spiro atoms. The molecule has 3 heteroatoms. The number of ether oxygens (including phenoxy) is 1. The molecule has 1 aliphatic heterocycles. The second kappa shape index (κ2) is 3.14. The molecule has 17 heavy (non-hydrogen) atoms. The first-order chi connectivity index (χ1) is 7.87. The Kier molecular flexibility index (Phi) is 2.08. The SMILES string of the molecule is Cc1cc2c(cc1Br)[C@@]1(C)CC[C@@](C)(O2)C1=O. The standard InChI is InChI=1S/C14H15BrO2/c1-8-6-11-9(7-10(8)15)13(2)4-5-14(3,17-11)12(13)16/h6-7H,4-5H2,1-3H3/t13-,14-/m1/s1. The van der Waals surface area contributed by atoms with E-state index in [0.29, 0.717) is 0 Å². The van der Waals surface area contributed by atoms with Gasteiger partial charge in [0.2, 0.25) is 0 Å². The summed E-state index contributed by atoms with van der Waals surface area (Å²) in [6.07, 6.45) is 1.69. The van der Waals surface area contributed by atoms with Crippen LogP contribution in [0.4, 0.5) is 0 Å². The van der Waals surface area contributed by atoms with Gasteiger partial charge in [-0.2, -0.15) is 0 Å². The maximum atomic E-state index is 12.4. The highest BCUT2D eigenvalue weighted by Crippen LogP contribution is 2.53. The smallest absolute Gasteiger partial charge is 0.186 e. The highest BCUT2D eigenvalue weighted by atomic mass is 79.9. The van der Waals surface area contributed by atoms with Crippen LogP contribution in [0.3, 0.4) is 0 Å². The Morgan fingerprint density at radius 3 is 2.71 bits per heavy atom. The average molecular weight is 295 g/mol. The molecule has 2 bridgehead atoms. The monoisotopic (exact) mass is 294 g/mol. The highest BCUT2D eigenvalue weighted by Gasteiger charge is 2.58. The van der Waals surface area contributed by atoms with Crippen molar-refractivity contribution in [1.29, 1.82) is 0 Å². The summed E-state index contributed by atoms with van der Waals surface area (Å²) in [7, 11) is 0. The minimum Gasteiger partial charge on any atom is -0.479 e. The lowest BCUT2D eigenvalue weighted by Crippen LogP contribution is -2.47. The van der Waals surface area contributed by atoms with Gasteiger partial charge in [0.1, 0.15) is 5.75 Å². The summed E-state index contributed by atoms with van der Waals surface area (Å²) in [4.78, 5) is 12.4. The first-order valence-corrected chi connectivity index (χ1v) is 6.71. The topological polar surface area (TPSA) is 26.3 Å². The Bertz CT molecular complexity index is 537. The zero-order valence-corrected chi connectivity index (χ0v) is 11.8. The van der Waals surface area contributed by atoms with Crippen molar-refractivity contribution in [3.8, 4) is 5.75 Å². The van der Waals surface area contributed by atoms with Crippen molar-refractivity contribution < 1.29 is 9.53 Å². The molecule has 0 saturated heterocycles. The van der Waals surface area contributed by atoms with E-state index in [2.05, 4.69) is 15.9 Å². The average Bonchev–Trinajstić information content (AvgIpc) is 2.43. The van der Waals surface area contributed by atoms with Gasteiger partial charge in [-0.1, -0.05) is 15.9 Å². The minimum absolute atomic E-state index is 0.230. The van der Waals surface area contributed by atoms with Crippen molar-refractivity contribution in [2.45, 2.75) is 44.6 Å². The molecule has 0 radical (unpaired) electrons. The number of hydrogen-bond donors (Lipinski definition) is 0. The van der Waals surface area contributed by atoms with E-state index >= 15 is 0 Å². The quantitative estimate of drug-likeness (QED) is 0.732. The van der Waals surface area contributed by atoms with Crippen LogP contribution in [-0.4, -0.2) is 11.4 Å². The van der Waals surface area contributed by atoms with Crippen LogP contribution in [-0.2, 0) is 10.2 Å². The third-order valence-electron chi connectivity index (χ3n) is 4.27. The number of carbonyl (C=O) groups is 1. The number of Topliss-reactive ketones (excluding diaryl/α,β-unsaturated/α-hetero) is 1.